The molecule has 0 aliphatic carbocycles. The Balaban J connectivity index is 1.55. The first-order valence-corrected chi connectivity index (χ1v) is 9.24. The molecule has 0 spiro atoms. The molecule has 0 N–H and O–H groups in total. The second-order valence-corrected chi connectivity index (χ2v) is 6.71. The fraction of sp³-hybridized carbons (Fsp3) is 0.200. The van der Waals surface area contributed by atoms with Crippen molar-refractivity contribution in [3.63, 3.8) is 0 Å². The summed E-state index contributed by atoms with van der Waals surface area (Å²) in [5.41, 5.74) is 4.02. The lowest BCUT2D eigenvalue weighted by atomic mass is 10.1. The van der Waals surface area contributed by atoms with E-state index in [9.17, 15) is 0 Å². The van der Waals surface area contributed by atoms with Gasteiger partial charge in [0.1, 0.15) is 17.0 Å². The summed E-state index contributed by atoms with van der Waals surface area (Å²) >= 11 is 0. The highest BCUT2D eigenvalue weighted by atomic mass is 16.5. The molecule has 5 heterocycles. The van der Waals surface area contributed by atoms with Crippen LogP contribution in [0.5, 0.6) is 0 Å². The molecular weight excluding hydrogens is 368 g/mol. The van der Waals surface area contributed by atoms with Crippen molar-refractivity contribution in [2.45, 2.75) is 19.9 Å². The van der Waals surface area contributed by atoms with E-state index in [1.165, 1.54) is 0 Å². The van der Waals surface area contributed by atoms with E-state index >= 15 is 0 Å². The molecule has 144 valence electrons. The Labute approximate surface area is 166 Å². The molecule has 0 fully saturated rings. The van der Waals surface area contributed by atoms with Crippen LogP contribution in [0, 0.1) is 6.92 Å². The Morgan fingerprint density at radius 3 is 2.79 bits per heavy atom. The molecule has 9 nitrogen and oxygen atoms in total. The Morgan fingerprint density at radius 2 is 2.00 bits per heavy atom. The Bertz CT molecular complexity index is 1300. The van der Waals surface area contributed by atoms with E-state index in [1.54, 1.807) is 25.5 Å². The van der Waals surface area contributed by atoms with E-state index in [-0.39, 0.29) is 0 Å². The van der Waals surface area contributed by atoms with Crippen LogP contribution in [0.15, 0.2) is 53.6 Å². The van der Waals surface area contributed by atoms with E-state index in [1.807, 2.05) is 46.8 Å². The van der Waals surface area contributed by atoms with Gasteiger partial charge in [0.2, 0.25) is 11.7 Å². The number of fused-ring (bicyclic) bond motifs is 1. The van der Waals surface area contributed by atoms with Crippen molar-refractivity contribution >= 4 is 11.0 Å². The predicted molar refractivity (Wildman–Crippen MR) is 106 cm³/mol. The zero-order valence-electron chi connectivity index (χ0n) is 16.0. The zero-order chi connectivity index (χ0) is 19.8. The Hall–Kier alpha value is -3.88. The number of nitrogens with zero attached hydrogens (tertiary/aromatic N) is 8. The molecule has 0 bridgehead atoms. The number of rotatable bonds is 5. The van der Waals surface area contributed by atoms with Gasteiger partial charge in [0.05, 0.1) is 11.2 Å². The quantitative estimate of drug-likeness (QED) is 0.458. The third-order valence-corrected chi connectivity index (χ3v) is 4.77. The topological polar surface area (TPSA) is 100 Å². The maximum atomic E-state index is 5.09. The average Bonchev–Trinajstić information content (AvgIpc) is 3.45. The SMILES string of the molecule is Cc1nc(-c2ccnc(-c3nn(CCc4nccn4C)c4cccnc34)c2)no1. The number of aromatic nitrogens is 8. The number of pyridine rings is 2. The summed E-state index contributed by atoms with van der Waals surface area (Å²) in [5, 5.41) is 8.81. The van der Waals surface area contributed by atoms with Crippen LogP contribution in [0.4, 0.5) is 0 Å². The van der Waals surface area contributed by atoms with E-state index < -0.39 is 0 Å². The van der Waals surface area contributed by atoms with Gasteiger partial charge in [0.25, 0.3) is 0 Å². The first-order chi connectivity index (χ1) is 14.2. The lowest BCUT2D eigenvalue weighted by Gasteiger charge is -2.03. The number of hydrogen-bond donors (Lipinski definition) is 0. The zero-order valence-corrected chi connectivity index (χ0v) is 16.0. The maximum Gasteiger partial charge on any atom is 0.223 e. The van der Waals surface area contributed by atoms with Crippen LogP contribution in [-0.4, -0.2) is 39.4 Å². The van der Waals surface area contributed by atoms with Crippen molar-refractivity contribution in [2.75, 3.05) is 0 Å². The molecule has 5 rings (SSSR count). The van der Waals surface area contributed by atoms with Gasteiger partial charge < -0.3 is 9.09 Å². The van der Waals surface area contributed by atoms with Crippen molar-refractivity contribution in [1.29, 1.82) is 0 Å². The number of imidazole rings is 1. The summed E-state index contributed by atoms with van der Waals surface area (Å²) in [4.78, 5) is 17.8. The van der Waals surface area contributed by atoms with Crippen molar-refractivity contribution in [1.82, 2.24) is 39.4 Å². The molecule has 0 aliphatic rings. The standard InChI is InChI=1S/C20H18N8O/c1-13-24-20(26-29-13)14-5-8-21-15(12-14)18-19-16(4-3-7-23-19)28(25-18)10-6-17-22-9-11-27(17)2/h3-5,7-9,11-12H,6,10H2,1-2H3. The van der Waals surface area contributed by atoms with Crippen LogP contribution < -0.4 is 0 Å². The Morgan fingerprint density at radius 1 is 1.07 bits per heavy atom. The van der Waals surface area contributed by atoms with Crippen molar-refractivity contribution < 1.29 is 4.52 Å². The Kier molecular flexibility index (Phi) is 4.12. The fourth-order valence-corrected chi connectivity index (χ4v) is 3.31. The minimum atomic E-state index is 0.518. The average molecular weight is 386 g/mol. The highest BCUT2D eigenvalue weighted by Crippen LogP contribution is 2.27. The van der Waals surface area contributed by atoms with Gasteiger partial charge in [0, 0.05) is 57.3 Å². The molecule has 0 saturated carbocycles. The molecule has 0 saturated heterocycles. The van der Waals surface area contributed by atoms with E-state index in [0.717, 1.165) is 34.5 Å². The first-order valence-electron chi connectivity index (χ1n) is 9.24. The maximum absolute atomic E-state index is 5.09. The first kappa shape index (κ1) is 17.2. The molecule has 0 aromatic carbocycles. The normalized spacial score (nSPS) is 11.4. The molecule has 9 heteroatoms. The van der Waals surface area contributed by atoms with Crippen molar-refractivity contribution in [3.05, 3.63) is 60.8 Å². The third-order valence-electron chi connectivity index (χ3n) is 4.77. The smallest absolute Gasteiger partial charge is 0.223 e. The van der Waals surface area contributed by atoms with Gasteiger partial charge in [0.15, 0.2) is 0 Å². The molecule has 0 unspecified atom stereocenters. The van der Waals surface area contributed by atoms with Crippen LogP contribution in [-0.2, 0) is 20.0 Å². The molecule has 0 aliphatic heterocycles. The number of hydrogen-bond acceptors (Lipinski definition) is 7. The summed E-state index contributed by atoms with van der Waals surface area (Å²) in [5.74, 6) is 2.05. The molecule has 0 radical (unpaired) electrons. The van der Waals surface area contributed by atoms with Gasteiger partial charge in [-0.2, -0.15) is 10.1 Å². The molecule has 5 aromatic rings. The van der Waals surface area contributed by atoms with Gasteiger partial charge in [-0.05, 0) is 24.3 Å². The van der Waals surface area contributed by atoms with Crippen molar-refractivity contribution in [2.24, 2.45) is 7.05 Å². The lowest BCUT2D eigenvalue weighted by Crippen LogP contribution is -2.07. The number of aryl methyl sites for hydroxylation is 4. The van der Waals surface area contributed by atoms with Crippen LogP contribution in [0.25, 0.3) is 33.8 Å². The van der Waals surface area contributed by atoms with Crippen molar-refractivity contribution in [3.8, 4) is 22.8 Å². The summed E-state index contributed by atoms with van der Waals surface area (Å²) < 4.78 is 9.07. The van der Waals surface area contributed by atoms with Gasteiger partial charge in [-0.3, -0.25) is 14.6 Å². The molecule has 0 amide bonds. The van der Waals surface area contributed by atoms with Gasteiger partial charge in [-0.25, -0.2) is 4.98 Å². The minimum Gasteiger partial charge on any atom is -0.339 e. The minimum absolute atomic E-state index is 0.518. The lowest BCUT2D eigenvalue weighted by molar-refractivity contribution is 0.394. The monoisotopic (exact) mass is 386 g/mol. The molecular formula is C20H18N8O. The van der Waals surface area contributed by atoms with Crippen LogP contribution in [0.2, 0.25) is 0 Å². The molecule has 0 atom stereocenters. The summed E-state index contributed by atoms with van der Waals surface area (Å²) in [6, 6.07) is 7.69. The summed E-state index contributed by atoms with van der Waals surface area (Å²) in [7, 11) is 1.99. The molecule has 5 aromatic heterocycles. The van der Waals surface area contributed by atoms with Gasteiger partial charge in [-0.15, -0.1) is 0 Å². The third kappa shape index (κ3) is 3.16. The van der Waals surface area contributed by atoms with Crippen LogP contribution >= 0.6 is 0 Å². The predicted octanol–water partition coefficient (Wildman–Crippen LogP) is 2.83. The van der Waals surface area contributed by atoms with Gasteiger partial charge in [-0.1, -0.05) is 5.16 Å². The largest absolute Gasteiger partial charge is 0.339 e. The van der Waals surface area contributed by atoms with E-state index in [0.29, 0.717) is 24.0 Å². The van der Waals surface area contributed by atoms with E-state index in [4.69, 9.17) is 9.62 Å². The highest BCUT2D eigenvalue weighted by molar-refractivity contribution is 5.89. The second-order valence-electron chi connectivity index (χ2n) is 6.71. The van der Waals surface area contributed by atoms with Gasteiger partial charge >= 0.3 is 0 Å². The molecule has 29 heavy (non-hydrogen) atoms. The highest BCUT2D eigenvalue weighted by Gasteiger charge is 2.16. The summed E-state index contributed by atoms with van der Waals surface area (Å²) in [6.07, 6.45) is 8.00. The summed E-state index contributed by atoms with van der Waals surface area (Å²) in [6.45, 7) is 2.45. The second kappa shape index (κ2) is 6.93. The fourth-order valence-electron chi connectivity index (χ4n) is 3.31. The van der Waals surface area contributed by atoms with E-state index in [2.05, 4.69) is 25.1 Å². The van der Waals surface area contributed by atoms with Crippen LogP contribution in [0.3, 0.4) is 0 Å². The van der Waals surface area contributed by atoms with Crippen LogP contribution in [0.1, 0.15) is 11.7 Å².